The Morgan fingerprint density at radius 1 is 1.06 bits per heavy atom. The SMILES string of the molecule is CCC(=O)N(C1=CN=NC1c1ccc(F)cc1)C1CCC(NCc2ccccc2)CC1. The molecule has 4 rings (SSSR count). The molecule has 2 aromatic carbocycles. The molecule has 1 unspecified atom stereocenters. The van der Waals surface area contributed by atoms with E-state index >= 15 is 0 Å². The molecule has 1 aliphatic heterocycles. The molecule has 1 atom stereocenters. The highest BCUT2D eigenvalue weighted by molar-refractivity contribution is 5.78. The van der Waals surface area contributed by atoms with E-state index in [4.69, 9.17) is 0 Å². The van der Waals surface area contributed by atoms with Gasteiger partial charge < -0.3 is 10.2 Å². The van der Waals surface area contributed by atoms with Crippen LogP contribution >= 0.6 is 0 Å². The topological polar surface area (TPSA) is 57.1 Å². The van der Waals surface area contributed by atoms with Crippen molar-refractivity contribution in [3.05, 3.63) is 83.4 Å². The molecule has 2 aromatic rings. The fourth-order valence-corrected chi connectivity index (χ4v) is 4.49. The highest BCUT2D eigenvalue weighted by atomic mass is 19.1. The lowest BCUT2D eigenvalue weighted by atomic mass is 9.88. The lowest BCUT2D eigenvalue weighted by Crippen LogP contribution is -2.45. The summed E-state index contributed by atoms with van der Waals surface area (Å²) in [6, 6.07) is 17.0. The van der Waals surface area contributed by atoms with Gasteiger partial charge in [0.2, 0.25) is 5.91 Å². The molecule has 31 heavy (non-hydrogen) atoms. The summed E-state index contributed by atoms with van der Waals surface area (Å²) in [6.07, 6.45) is 6.04. The van der Waals surface area contributed by atoms with E-state index in [1.165, 1.54) is 17.7 Å². The summed E-state index contributed by atoms with van der Waals surface area (Å²) in [4.78, 5) is 14.9. The predicted octanol–water partition coefficient (Wildman–Crippen LogP) is 5.51. The van der Waals surface area contributed by atoms with Crippen LogP contribution in [-0.2, 0) is 11.3 Å². The van der Waals surface area contributed by atoms with E-state index in [9.17, 15) is 9.18 Å². The van der Waals surface area contributed by atoms with Crippen LogP contribution in [0.3, 0.4) is 0 Å². The summed E-state index contributed by atoms with van der Waals surface area (Å²) >= 11 is 0. The summed E-state index contributed by atoms with van der Waals surface area (Å²) in [5.74, 6) is -0.196. The maximum absolute atomic E-state index is 13.4. The Balaban J connectivity index is 1.42. The zero-order chi connectivity index (χ0) is 21.6. The van der Waals surface area contributed by atoms with Crippen molar-refractivity contribution in [3.8, 4) is 0 Å². The number of carbonyl (C=O) groups excluding carboxylic acids is 1. The van der Waals surface area contributed by atoms with Crippen LogP contribution < -0.4 is 5.32 Å². The summed E-state index contributed by atoms with van der Waals surface area (Å²) in [5, 5.41) is 12.1. The molecule has 1 amide bonds. The number of carbonyl (C=O) groups is 1. The van der Waals surface area contributed by atoms with Gasteiger partial charge in [0.1, 0.15) is 11.9 Å². The van der Waals surface area contributed by atoms with E-state index in [0.717, 1.165) is 43.5 Å². The minimum atomic E-state index is -0.356. The molecule has 0 bridgehead atoms. The first-order valence-corrected chi connectivity index (χ1v) is 11.1. The zero-order valence-corrected chi connectivity index (χ0v) is 17.9. The van der Waals surface area contributed by atoms with Crippen LogP contribution in [0.2, 0.25) is 0 Å². The average molecular weight is 421 g/mol. The molecule has 2 aliphatic rings. The Hall–Kier alpha value is -2.86. The maximum Gasteiger partial charge on any atom is 0.226 e. The molecule has 0 saturated heterocycles. The van der Waals surface area contributed by atoms with Crippen LogP contribution in [-0.4, -0.2) is 22.9 Å². The minimum Gasteiger partial charge on any atom is -0.310 e. The molecule has 1 heterocycles. The Bertz CT molecular complexity index is 934. The summed E-state index contributed by atoms with van der Waals surface area (Å²) in [6.45, 7) is 2.75. The number of nitrogens with one attached hydrogen (secondary N) is 1. The van der Waals surface area contributed by atoms with Gasteiger partial charge in [0, 0.05) is 25.0 Å². The Labute approximate surface area is 183 Å². The average Bonchev–Trinajstić information content (AvgIpc) is 3.29. The Morgan fingerprint density at radius 2 is 1.77 bits per heavy atom. The monoisotopic (exact) mass is 420 g/mol. The van der Waals surface area contributed by atoms with Crippen LogP contribution in [0, 0.1) is 5.82 Å². The van der Waals surface area contributed by atoms with Crippen molar-refractivity contribution in [1.29, 1.82) is 0 Å². The van der Waals surface area contributed by atoms with Crippen molar-refractivity contribution in [2.45, 2.75) is 63.7 Å². The standard InChI is InChI=1S/C25H29FN4O/c1-2-24(31)30(23-17-28-29-25(23)19-8-10-20(26)11-9-19)22-14-12-21(13-15-22)27-16-18-6-4-3-5-7-18/h3-11,17,21-22,25,27H,2,12-16H2,1H3. The predicted molar refractivity (Wildman–Crippen MR) is 119 cm³/mol. The third kappa shape index (κ3) is 5.07. The van der Waals surface area contributed by atoms with Gasteiger partial charge in [-0.25, -0.2) is 4.39 Å². The number of amides is 1. The van der Waals surface area contributed by atoms with Gasteiger partial charge in [0.05, 0.1) is 11.9 Å². The Kier molecular flexibility index (Phi) is 6.87. The second kappa shape index (κ2) is 9.96. The van der Waals surface area contributed by atoms with Gasteiger partial charge in [-0.15, -0.1) is 0 Å². The fourth-order valence-electron chi connectivity index (χ4n) is 4.49. The Morgan fingerprint density at radius 3 is 2.45 bits per heavy atom. The first-order valence-electron chi connectivity index (χ1n) is 11.1. The van der Waals surface area contributed by atoms with Crippen molar-refractivity contribution in [3.63, 3.8) is 0 Å². The van der Waals surface area contributed by atoms with Gasteiger partial charge in [-0.3, -0.25) is 4.79 Å². The van der Waals surface area contributed by atoms with Gasteiger partial charge in [0.15, 0.2) is 0 Å². The summed E-state index contributed by atoms with van der Waals surface area (Å²) in [7, 11) is 0. The van der Waals surface area contributed by atoms with E-state index in [1.807, 2.05) is 17.9 Å². The van der Waals surface area contributed by atoms with Gasteiger partial charge in [-0.2, -0.15) is 10.2 Å². The first kappa shape index (κ1) is 21.4. The molecule has 0 radical (unpaired) electrons. The highest BCUT2D eigenvalue weighted by Crippen LogP contribution is 2.37. The fraction of sp³-hybridized carbons (Fsp3) is 0.400. The normalized spacial score (nSPS) is 22.9. The molecule has 1 aliphatic carbocycles. The number of rotatable bonds is 7. The van der Waals surface area contributed by atoms with Crippen LogP contribution in [0.1, 0.15) is 56.2 Å². The lowest BCUT2D eigenvalue weighted by Gasteiger charge is -2.38. The number of azo groups is 1. The number of nitrogens with zero attached hydrogens (tertiary/aromatic N) is 3. The van der Waals surface area contributed by atoms with E-state index in [0.29, 0.717) is 12.5 Å². The number of halogens is 1. The molecule has 1 fully saturated rings. The van der Waals surface area contributed by atoms with Crippen LogP contribution in [0.25, 0.3) is 0 Å². The maximum atomic E-state index is 13.4. The van der Waals surface area contributed by atoms with Crippen molar-refractivity contribution >= 4 is 5.91 Å². The summed E-state index contributed by atoms with van der Waals surface area (Å²) in [5.41, 5.74) is 2.94. The highest BCUT2D eigenvalue weighted by Gasteiger charge is 2.35. The summed E-state index contributed by atoms with van der Waals surface area (Å²) < 4.78 is 13.4. The van der Waals surface area contributed by atoms with Gasteiger partial charge in [-0.05, 0) is 48.9 Å². The quantitative estimate of drug-likeness (QED) is 0.642. The molecular formula is C25H29FN4O. The third-order valence-corrected chi connectivity index (χ3v) is 6.19. The van der Waals surface area contributed by atoms with Gasteiger partial charge in [-0.1, -0.05) is 49.4 Å². The molecule has 1 N–H and O–H groups in total. The largest absolute Gasteiger partial charge is 0.310 e. The molecule has 1 saturated carbocycles. The second-order valence-electron chi connectivity index (χ2n) is 8.23. The second-order valence-corrected chi connectivity index (χ2v) is 8.23. The minimum absolute atomic E-state index is 0.0892. The molecule has 0 spiro atoms. The lowest BCUT2D eigenvalue weighted by molar-refractivity contribution is -0.131. The zero-order valence-electron chi connectivity index (χ0n) is 17.9. The molecule has 162 valence electrons. The van der Waals surface area contributed by atoms with Crippen molar-refractivity contribution < 1.29 is 9.18 Å². The van der Waals surface area contributed by atoms with Gasteiger partial charge >= 0.3 is 0 Å². The molecule has 5 nitrogen and oxygen atoms in total. The molecule has 6 heteroatoms. The van der Waals surface area contributed by atoms with Gasteiger partial charge in [0.25, 0.3) is 0 Å². The van der Waals surface area contributed by atoms with Crippen molar-refractivity contribution in [1.82, 2.24) is 10.2 Å². The number of hydrogen-bond acceptors (Lipinski definition) is 4. The van der Waals surface area contributed by atoms with Crippen molar-refractivity contribution in [2.24, 2.45) is 10.2 Å². The van der Waals surface area contributed by atoms with Crippen LogP contribution in [0.15, 0.2) is 76.7 Å². The molecular weight excluding hydrogens is 391 g/mol. The van der Waals surface area contributed by atoms with E-state index in [-0.39, 0.29) is 23.8 Å². The van der Waals surface area contributed by atoms with Crippen molar-refractivity contribution in [2.75, 3.05) is 0 Å². The van der Waals surface area contributed by atoms with E-state index in [1.54, 1.807) is 18.3 Å². The number of benzene rings is 2. The van der Waals surface area contributed by atoms with E-state index in [2.05, 4.69) is 39.8 Å². The third-order valence-electron chi connectivity index (χ3n) is 6.19. The first-order chi connectivity index (χ1) is 15.2. The van der Waals surface area contributed by atoms with E-state index < -0.39 is 0 Å². The van der Waals surface area contributed by atoms with Crippen LogP contribution in [0.4, 0.5) is 4.39 Å². The smallest absolute Gasteiger partial charge is 0.226 e. The molecule has 0 aromatic heterocycles. The number of hydrogen-bond donors (Lipinski definition) is 1. The van der Waals surface area contributed by atoms with Crippen LogP contribution in [0.5, 0.6) is 0 Å².